The monoisotopic (exact) mass is 194 g/mol. The maximum atomic E-state index is 12.2. The molecule has 76 valence electrons. The van der Waals surface area contributed by atoms with Gasteiger partial charge in [-0.25, -0.2) is 8.78 Å². The van der Waals surface area contributed by atoms with Crippen LogP contribution >= 0.6 is 0 Å². The zero-order chi connectivity index (χ0) is 10.4. The van der Waals surface area contributed by atoms with E-state index < -0.39 is 12.7 Å². The van der Waals surface area contributed by atoms with E-state index in [1.807, 2.05) is 0 Å². The second kappa shape index (κ2) is 5.40. The molecule has 13 heavy (non-hydrogen) atoms. The molecular formula is C8H12F2O3. The second-order valence-electron chi connectivity index (χ2n) is 2.17. The average molecular weight is 194 g/mol. The van der Waals surface area contributed by atoms with Crippen LogP contribution in [0.4, 0.5) is 8.78 Å². The first-order chi connectivity index (χ1) is 5.91. The molecule has 0 saturated heterocycles. The van der Waals surface area contributed by atoms with Crippen LogP contribution in [0.25, 0.3) is 0 Å². The summed E-state index contributed by atoms with van der Waals surface area (Å²) in [5.74, 6) is -0.665. The zero-order valence-electron chi connectivity index (χ0n) is 7.55. The van der Waals surface area contributed by atoms with Crippen LogP contribution in [0.5, 0.6) is 0 Å². The lowest BCUT2D eigenvalue weighted by molar-refractivity contribution is -0.0950. The van der Waals surface area contributed by atoms with E-state index in [4.69, 9.17) is 0 Å². The van der Waals surface area contributed by atoms with Crippen LogP contribution in [0.2, 0.25) is 0 Å². The molecule has 0 saturated carbocycles. The van der Waals surface area contributed by atoms with Gasteiger partial charge in [0, 0.05) is 13.8 Å². The first-order valence-corrected chi connectivity index (χ1v) is 3.59. The first-order valence-electron chi connectivity index (χ1n) is 3.59. The summed E-state index contributed by atoms with van der Waals surface area (Å²) in [6.07, 6.45) is -3.11. The summed E-state index contributed by atoms with van der Waals surface area (Å²) in [6, 6.07) is 0. The predicted molar refractivity (Wildman–Crippen MR) is 42.7 cm³/mol. The Hall–Kier alpha value is -1.26. The van der Waals surface area contributed by atoms with E-state index in [9.17, 15) is 8.78 Å². The Balaban J connectivity index is 3.72. The molecule has 0 radical (unpaired) electrons. The Morgan fingerprint density at radius 3 is 1.54 bits per heavy atom. The largest absolute Gasteiger partial charge is 0.431 e. The number of ether oxygens (including phenoxy) is 3. The SMILES string of the molecule is C=C(OC(=C)OC(C)F)OC(C)F. The molecule has 0 rings (SSSR count). The molecule has 0 fully saturated rings. The van der Waals surface area contributed by atoms with Crippen LogP contribution < -0.4 is 0 Å². The summed E-state index contributed by atoms with van der Waals surface area (Å²) in [5, 5.41) is 0. The maximum Gasteiger partial charge on any atom is 0.282 e. The van der Waals surface area contributed by atoms with Crippen molar-refractivity contribution in [1.82, 2.24) is 0 Å². The van der Waals surface area contributed by atoms with Gasteiger partial charge in [0.2, 0.25) is 12.7 Å². The van der Waals surface area contributed by atoms with Crippen molar-refractivity contribution in [3.63, 3.8) is 0 Å². The predicted octanol–water partition coefficient (Wildman–Crippen LogP) is 2.61. The van der Waals surface area contributed by atoms with Crippen LogP contribution in [-0.4, -0.2) is 12.7 Å². The Labute approximate surface area is 75.6 Å². The summed E-state index contributed by atoms with van der Waals surface area (Å²) in [5.41, 5.74) is 0. The minimum Gasteiger partial charge on any atom is -0.431 e. The molecule has 0 bridgehead atoms. The average Bonchev–Trinajstić information content (AvgIpc) is 1.80. The number of alkyl halides is 2. The van der Waals surface area contributed by atoms with Gasteiger partial charge in [-0.1, -0.05) is 0 Å². The van der Waals surface area contributed by atoms with E-state index in [-0.39, 0.29) is 11.9 Å². The van der Waals surface area contributed by atoms with E-state index in [1.165, 1.54) is 0 Å². The molecule has 0 N–H and O–H groups in total. The summed E-state index contributed by atoms with van der Waals surface area (Å²) in [6.45, 7) is 8.69. The van der Waals surface area contributed by atoms with Crippen LogP contribution in [0.1, 0.15) is 13.8 Å². The minimum absolute atomic E-state index is 0.333. The molecule has 0 aliphatic rings. The Morgan fingerprint density at radius 2 is 1.31 bits per heavy atom. The number of hydrogen-bond donors (Lipinski definition) is 0. The highest BCUT2D eigenvalue weighted by molar-refractivity contribution is 4.79. The quantitative estimate of drug-likeness (QED) is 0.608. The third kappa shape index (κ3) is 7.11. The standard InChI is InChI=1S/C8H12F2O3/c1-5(9)11-7(3)13-8(4)12-6(2)10/h5-6H,3-4H2,1-2H3. The third-order valence-corrected chi connectivity index (χ3v) is 0.815. The number of rotatable bonds is 6. The van der Waals surface area contributed by atoms with Crippen molar-refractivity contribution >= 4 is 0 Å². The molecule has 2 atom stereocenters. The van der Waals surface area contributed by atoms with Crippen LogP contribution in [-0.2, 0) is 14.2 Å². The summed E-state index contributed by atoms with van der Waals surface area (Å²) >= 11 is 0. The molecular weight excluding hydrogens is 182 g/mol. The molecule has 0 aliphatic heterocycles. The Kier molecular flexibility index (Phi) is 4.87. The summed E-state index contributed by atoms with van der Waals surface area (Å²) in [4.78, 5) is 0. The van der Waals surface area contributed by atoms with E-state index in [0.717, 1.165) is 13.8 Å². The highest BCUT2D eigenvalue weighted by atomic mass is 19.1. The Bertz CT molecular complexity index is 170. The molecule has 0 aliphatic carbocycles. The molecule has 0 aromatic carbocycles. The van der Waals surface area contributed by atoms with Crippen LogP contribution in [0.15, 0.2) is 25.0 Å². The lowest BCUT2D eigenvalue weighted by Gasteiger charge is -2.13. The van der Waals surface area contributed by atoms with Gasteiger partial charge in [0.1, 0.15) is 0 Å². The maximum absolute atomic E-state index is 12.2. The normalized spacial score (nSPS) is 14.2. The summed E-state index contributed by atoms with van der Waals surface area (Å²) < 4.78 is 37.6. The van der Waals surface area contributed by atoms with Gasteiger partial charge in [-0.15, -0.1) is 0 Å². The molecule has 2 unspecified atom stereocenters. The van der Waals surface area contributed by atoms with Gasteiger partial charge in [-0.05, 0) is 13.2 Å². The molecule has 5 heteroatoms. The van der Waals surface area contributed by atoms with Crippen molar-refractivity contribution in [3.8, 4) is 0 Å². The zero-order valence-corrected chi connectivity index (χ0v) is 7.55. The molecule has 3 nitrogen and oxygen atoms in total. The van der Waals surface area contributed by atoms with Gasteiger partial charge >= 0.3 is 0 Å². The van der Waals surface area contributed by atoms with Crippen molar-refractivity contribution in [1.29, 1.82) is 0 Å². The minimum atomic E-state index is -1.55. The molecule has 0 heterocycles. The van der Waals surface area contributed by atoms with Gasteiger partial charge < -0.3 is 14.2 Å². The molecule has 0 spiro atoms. The van der Waals surface area contributed by atoms with Gasteiger partial charge in [0.25, 0.3) is 11.9 Å². The van der Waals surface area contributed by atoms with Gasteiger partial charge in [0.15, 0.2) is 0 Å². The van der Waals surface area contributed by atoms with E-state index in [0.29, 0.717) is 0 Å². The first kappa shape index (κ1) is 11.7. The van der Waals surface area contributed by atoms with Gasteiger partial charge in [0.05, 0.1) is 0 Å². The highest BCUT2D eigenvalue weighted by Gasteiger charge is 2.07. The smallest absolute Gasteiger partial charge is 0.282 e. The lowest BCUT2D eigenvalue weighted by atomic mass is 10.8. The Morgan fingerprint density at radius 1 is 1.00 bits per heavy atom. The van der Waals surface area contributed by atoms with E-state index in [2.05, 4.69) is 27.4 Å². The van der Waals surface area contributed by atoms with Gasteiger partial charge in [-0.3, -0.25) is 0 Å². The fraction of sp³-hybridized carbons (Fsp3) is 0.500. The van der Waals surface area contributed by atoms with Crippen molar-refractivity contribution in [3.05, 3.63) is 25.0 Å². The van der Waals surface area contributed by atoms with Crippen LogP contribution in [0.3, 0.4) is 0 Å². The van der Waals surface area contributed by atoms with Crippen molar-refractivity contribution < 1.29 is 23.0 Å². The topological polar surface area (TPSA) is 27.7 Å². The highest BCUT2D eigenvalue weighted by Crippen LogP contribution is 2.10. The fourth-order valence-electron chi connectivity index (χ4n) is 0.537. The van der Waals surface area contributed by atoms with E-state index in [1.54, 1.807) is 0 Å². The third-order valence-electron chi connectivity index (χ3n) is 0.815. The number of halogens is 2. The van der Waals surface area contributed by atoms with Crippen molar-refractivity contribution in [2.75, 3.05) is 0 Å². The van der Waals surface area contributed by atoms with Crippen molar-refractivity contribution in [2.24, 2.45) is 0 Å². The van der Waals surface area contributed by atoms with Gasteiger partial charge in [-0.2, -0.15) is 0 Å². The lowest BCUT2D eigenvalue weighted by Crippen LogP contribution is -2.07. The fourth-order valence-corrected chi connectivity index (χ4v) is 0.537. The van der Waals surface area contributed by atoms with Crippen molar-refractivity contribution in [2.45, 2.75) is 26.6 Å². The molecule has 0 aromatic rings. The second-order valence-corrected chi connectivity index (χ2v) is 2.17. The van der Waals surface area contributed by atoms with E-state index >= 15 is 0 Å². The summed E-state index contributed by atoms with van der Waals surface area (Å²) in [7, 11) is 0. The molecule has 0 aromatic heterocycles. The van der Waals surface area contributed by atoms with Crippen LogP contribution in [0, 0.1) is 0 Å². The molecule has 0 amide bonds. The number of hydrogen-bond acceptors (Lipinski definition) is 3.